The Hall–Kier alpha value is -2.74. The molecule has 4 aliphatic rings. The molecule has 3 aliphatic carbocycles. The summed E-state index contributed by atoms with van der Waals surface area (Å²) in [7, 11) is 0. The molecule has 1 heterocycles. The summed E-state index contributed by atoms with van der Waals surface area (Å²) in [5.41, 5.74) is 2.13. The summed E-state index contributed by atoms with van der Waals surface area (Å²) in [6, 6.07) is 5.79. The minimum atomic E-state index is -0.352. The molecule has 37 heavy (non-hydrogen) atoms. The first-order chi connectivity index (χ1) is 17.7. The molecule has 2 bridgehead atoms. The second-order valence-electron chi connectivity index (χ2n) is 11.1. The zero-order chi connectivity index (χ0) is 26.6. The van der Waals surface area contributed by atoms with E-state index < -0.39 is 0 Å². The van der Waals surface area contributed by atoms with Crippen LogP contribution in [0.2, 0.25) is 0 Å². The van der Waals surface area contributed by atoms with Crippen LogP contribution in [0.4, 0.5) is 4.39 Å². The van der Waals surface area contributed by atoms with E-state index in [1.54, 1.807) is 24.0 Å². The number of rotatable bonds is 10. The lowest BCUT2D eigenvalue weighted by molar-refractivity contribution is -0.146. The molecule has 2 amide bonds. The fourth-order valence-corrected chi connectivity index (χ4v) is 5.99. The highest BCUT2D eigenvalue weighted by Gasteiger charge is 2.51. The van der Waals surface area contributed by atoms with Gasteiger partial charge in [0.25, 0.3) is 5.91 Å². The van der Waals surface area contributed by atoms with Gasteiger partial charge in [-0.05, 0) is 61.3 Å². The Kier molecular flexibility index (Phi) is 8.67. The van der Waals surface area contributed by atoms with Crippen molar-refractivity contribution in [1.82, 2.24) is 14.7 Å². The van der Waals surface area contributed by atoms with Gasteiger partial charge in [0.15, 0.2) is 0 Å². The molecule has 2 unspecified atom stereocenters. The number of benzene rings is 1. The van der Waals surface area contributed by atoms with Crippen molar-refractivity contribution in [1.29, 1.82) is 0 Å². The molecule has 0 radical (unpaired) electrons. The third-order valence-corrected chi connectivity index (χ3v) is 8.59. The molecule has 0 N–H and O–H groups in total. The Morgan fingerprint density at radius 2 is 1.78 bits per heavy atom. The second-order valence-corrected chi connectivity index (χ2v) is 11.1. The SMILES string of the molecule is CCOC(=O)CCC(=O)N1CCN(CCN(CC2=CCC3CC2C3(C)C)C(=O)c2ccc(F)cc2)CC1. The summed E-state index contributed by atoms with van der Waals surface area (Å²) in [6.07, 6.45) is 4.89. The Labute approximate surface area is 219 Å². The summed E-state index contributed by atoms with van der Waals surface area (Å²) < 4.78 is 18.4. The number of nitrogens with zero attached hydrogens (tertiary/aromatic N) is 3. The highest BCUT2D eigenvalue weighted by atomic mass is 19.1. The zero-order valence-corrected chi connectivity index (χ0v) is 22.4. The normalized spacial score (nSPS) is 22.6. The lowest BCUT2D eigenvalue weighted by Gasteiger charge is -2.57. The number of halogens is 1. The van der Waals surface area contributed by atoms with Gasteiger partial charge in [0.05, 0.1) is 13.0 Å². The van der Waals surface area contributed by atoms with Gasteiger partial charge in [-0.3, -0.25) is 19.3 Å². The number of piperazine rings is 1. The summed E-state index contributed by atoms with van der Waals surface area (Å²) in [5, 5.41) is 0. The molecule has 202 valence electrons. The molecule has 7 nitrogen and oxygen atoms in total. The first kappa shape index (κ1) is 27.3. The van der Waals surface area contributed by atoms with Gasteiger partial charge in [-0.25, -0.2) is 4.39 Å². The quantitative estimate of drug-likeness (QED) is 0.352. The average Bonchev–Trinajstić information content (AvgIpc) is 2.90. The van der Waals surface area contributed by atoms with Crippen molar-refractivity contribution in [2.75, 3.05) is 52.4 Å². The van der Waals surface area contributed by atoms with E-state index in [-0.39, 0.29) is 41.9 Å². The number of allylic oxidation sites excluding steroid dienone is 1. The van der Waals surface area contributed by atoms with Crippen LogP contribution in [0.5, 0.6) is 0 Å². The molecule has 2 atom stereocenters. The van der Waals surface area contributed by atoms with Crippen molar-refractivity contribution in [2.45, 2.75) is 46.5 Å². The topological polar surface area (TPSA) is 70.2 Å². The average molecular weight is 514 g/mol. The highest BCUT2D eigenvalue weighted by molar-refractivity contribution is 5.94. The van der Waals surface area contributed by atoms with Crippen LogP contribution in [-0.2, 0) is 14.3 Å². The van der Waals surface area contributed by atoms with Crippen molar-refractivity contribution in [2.24, 2.45) is 17.3 Å². The van der Waals surface area contributed by atoms with E-state index in [9.17, 15) is 18.8 Å². The Morgan fingerprint density at radius 3 is 2.41 bits per heavy atom. The van der Waals surface area contributed by atoms with Gasteiger partial charge in [0.1, 0.15) is 5.82 Å². The predicted molar refractivity (Wildman–Crippen MR) is 139 cm³/mol. The van der Waals surface area contributed by atoms with E-state index in [1.807, 2.05) is 4.90 Å². The lowest BCUT2D eigenvalue weighted by Crippen LogP contribution is -2.52. The summed E-state index contributed by atoms with van der Waals surface area (Å²) in [6.45, 7) is 11.3. The smallest absolute Gasteiger partial charge is 0.306 e. The third kappa shape index (κ3) is 6.40. The van der Waals surface area contributed by atoms with E-state index in [2.05, 4.69) is 24.8 Å². The van der Waals surface area contributed by atoms with E-state index in [0.717, 1.165) is 25.4 Å². The molecule has 1 aromatic carbocycles. The number of ether oxygens (including phenoxy) is 1. The van der Waals surface area contributed by atoms with Gasteiger partial charge in [-0.15, -0.1) is 0 Å². The van der Waals surface area contributed by atoms with Gasteiger partial charge in [-0.2, -0.15) is 0 Å². The van der Waals surface area contributed by atoms with Crippen LogP contribution < -0.4 is 0 Å². The Bertz CT molecular complexity index is 1010. The van der Waals surface area contributed by atoms with Crippen molar-refractivity contribution in [3.8, 4) is 0 Å². The maximum absolute atomic E-state index is 13.5. The van der Waals surface area contributed by atoms with Gasteiger partial charge < -0.3 is 14.5 Å². The van der Waals surface area contributed by atoms with E-state index in [4.69, 9.17) is 4.74 Å². The van der Waals surface area contributed by atoms with Gasteiger partial charge >= 0.3 is 5.97 Å². The molecule has 0 aromatic heterocycles. The van der Waals surface area contributed by atoms with Crippen molar-refractivity contribution in [3.63, 3.8) is 0 Å². The van der Waals surface area contributed by atoms with Crippen LogP contribution >= 0.6 is 0 Å². The highest BCUT2D eigenvalue weighted by Crippen LogP contribution is 2.59. The molecular formula is C29H40FN3O4. The first-order valence-electron chi connectivity index (χ1n) is 13.6. The minimum Gasteiger partial charge on any atom is -0.466 e. The number of hydrogen-bond donors (Lipinski definition) is 0. The summed E-state index contributed by atoms with van der Waals surface area (Å²) in [5.74, 6) is 0.460. The van der Waals surface area contributed by atoms with Gasteiger partial charge in [0.2, 0.25) is 5.91 Å². The number of carbonyl (C=O) groups is 3. The van der Waals surface area contributed by atoms with Crippen molar-refractivity contribution < 1.29 is 23.5 Å². The van der Waals surface area contributed by atoms with Gasteiger partial charge in [0, 0.05) is 57.8 Å². The Balaban J connectivity index is 1.33. The standard InChI is InChI=1S/C29H40FN3O4/c1-4-37-27(35)12-11-26(34)32-16-13-31(14-17-32)15-18-33(28(36)21-6-9-24(30)10-7-21)20-22-5-8-23-19-25(22)29(23,2)3/h5-7,9-10,23,25H,4,8,11-20H2,1-3H3. The van der Waals surface area contributed by atoms with Crippen LogP contribution in [0.1, 0.15) is 56.8 Å². The zero-order valence-electron chi connectivity index (χ0n) is 22.4. The number of fused-ring (bicyclic) bond motifs is 1. The van der Waals surface area contributed by atoms with Crippen LogP contribution in [-0.4, -0.2) is 84.9 Å². The molecule has 5 rings (SSSR count). The maximum atomic E-state index is 13.5. The molecule has 8 heteroatoms. The number of carbonyl (C=O) groups excluding carboxylic acids is 3. The molecule has 1 saturated carbocycles. The van der Waals surface area contributed by atoms with E-state index in [0.29, 0.717) is 50.8 Å². The fraction of sp³-hybridized carbons (Fsp3) is 0.621. The van der Waals surface area contributed by atoms with Crippen LogP contribution in [0.3, 0.4) is 0 Å². The largest absolute Gasteiger partial charge is 0.466 e. The minimum absolute atomic E-state index is 0.0218. The monoisotopic (exact) mass is 513 g/mol. The first-order valence-corrected chi connectivity index (χ1v) is 13.6. The number of hydrogen-bond acceptors (Lipinski definition) is 5. The molecule has 1 aliphatic heterocycles. The predicted octanol–water partition coefficient (Wildman–Crippen LogP) is 3.75. The maximum Gasteiger partial charge on any atom is 0.306 e. The molecular weight excluding hydrogens is 473 g/mol. The van der Waals surface area contributed by atoms with Crippen LogP contribution in [0, 0.1) is 23.1 Å². The van der Waals surface area contributed by atoms with Crippen molar-refractivity contribution >= 4 is 17.8 Å². The fourth-order valence-electron chi connectivity index (χ4n) is 5.99. The molecule has 1 aromatic rings. The second kappa shape index (κ2) is 11.8. The number of esters is 1. The van der Waals surface area contributed by atoms with Gasteiger partial charge in [-0.1, -0.05) is 25.5 Å². The Morgan fingerprint density at radius 1 is 1.08 bits per heavy atom. The van der Waals surface area contributed by atoms with E-state index >= 15 is 0 Å². The summed E-state index contributed by atoms with van der Waals surface area (Å²) >= 11 is 0. The number of amides is 2. The lowest BCUT2D eigenvalue weighted by atomic mass is 9.49. The summed E-state index contributed by atoms with van der Waals surface area (Å²) in [4.78, 5) is 43.5. The molecule has 1 saturated heterocycles. The van der Waals surface area contributed by atoms with Crippen LogP contribution in [0.15, 0.2) is 35.9 Å². The molecule has 0 spiro atoms. The molecule has 2 fully saturated rings. The van der Waals surface area contributed by atoms with E-state index in [1.165, 1.54) is 24.1 Å². The van der Waals surface area contributed by atoms with Crippen molar-refractivity contribution in [3.05, 3.63) is 47.3 Å². The van der Waals surface area contributed by atoms with Crippen LogP contribution in [0.25, 0.3) is 0 Å². The third-order valence-electron chi connectivity index (χ3n) is 8.59.